The Hall–Kier alpha value is -2.74. The number of rotatable bonds is 4. The van der Waals surface area contributed by atoms with Crippen molar-refractivity contribution >= 4 is 15.8 Å². The van der Waals surface area contributed by atoms with Gasteiger partial charge in [-0.3, -0.25) is 9.82 Å². The zero-order valence-electron chi connectivity index (χ0n) is 12.6. The zero-order valence-corrected chi connectivity index (χ0v) is 13.4. The first-order valence-electron chi connectivity index (χ1n) is 6.89. The van der Waals surface area contributed by atoms with Crippen molar-refractivity contribution in [2.75, 3.05) is 4.72 Å². The quantitative estimate of drug-likeness (QED) is 0.765. The Bertz CT molecular complexity index is 918. The third-order valence-corrected chi connectivity index (χ3v) is 4.75. The van der Waals surface area contributed by atoms with E-state index in [0.717, 1.165) is 16.8 Å². The van der Waals surface area contributed by atoms with Crippen molar-refractivity contribution in [2.45, 2.75) is 18.7 Å². The van der Waals surface area contributed by atoms with Gasteiger partial charge in [0.25, 0.3) is 10.0 Å². The summed E-state index contributed by atoms with van der Waals surface area (Å²) in [5.74, 6) is 0.742. The summed E-state index contributed by atoms with van der Waals surface area (Å²) >= 11 is 0. The maximum atomic E-state index is 12.4. The molecular weight excluding hydrogens is 314 g/mol. The van der Waals surface area contributed by atoms with Crippen LogP contribution in [0, 0.1) is 13.8 Å². The Morgan fingerprint density at radius 2 is 1.70 bits per heavy atom. The van der Waals surface area contributed by atoms with Crippen molar-refractivity contribution in [2.24, 2.45) is 0 Å². The molecule has 7 nitrogen and oxygen atoms in total. The van der Waals surface area contributed by atoms with E-state index < -0.39 is 10.0 Å². The van der Waals surface area contributed by atoms with Crippen molar-refractivity contribution in [1.82, 2.24) is 20.2 Å². The Morgan fingerprint density at radius 3 is 2.26 bits per heavy atom. The normalized spacial score (nSPS) is 11.4. The molecule has 118 valence electrons. The van der Waals surface area contributed by atoms with Gasteiger partial charge in [-0.1, -0.05) is 30.3 Å². The lowest BCUT2D eigenvalue weighted by Gasteiger charge is -2.06. The summed E-state index contributed by atoms with van der Waals surface area (Å²) in [6.07, 6.45) is 2.57. The van der Waals surface area contributed by atoms with Gasteiger partial charge in [0.05, 0.1) is 12.4 Å². The predicted molar refractivity (Wildman–Crippen MR) is 86.3 cm³/mol. The Balaban J connectivity index is 1.87. The molecular formula is C15H15N5O2S. The van der Waals surface area contributed by atoms with Crippen molar-refractivity contribution in [3.63, 3.8) is 0 Å². The molecule has 0 fully saturated rings. The van der Waals surface area contributed by atoms with Gasteiger partial charge in [0, 0.05) is 16.8 Å². The third kappa shape index (κ3) is 3.07. The van der Waals surface area contributed by atoms with Crippen LogP contribution in [0.2, 0.25) is 0 Å². The molecule has 0 aliphatic rings. The summed E-state index contributed by atoms with van der Waals surface area (Å²) in [5.41, 5.74) is 2.37. The Morgan fingerprint density at radius 1 is 1.04 bits per heavy atom. The van der Waals surface area contributed by atoms with Crippen LogP contribution in [0.25, 0.3) is 11.4 Å². The van der Waals surface area contributed by atoms with E-state index in [4.69, 9.17) is 0 Å². The number of hydrogen-bond acceptors (Lipinski definition) is 5. The summed E-state index contributed by atoms with van der Waals surface area (Å²) in [4.78, 5) is 8.24. The standard InChI is InChI=1S/C15H15N5O2S/c1-10-11(2)18-19-14(10)20-23(21,22)13-8-16-15(17-9-13)12-6-4-3-5-7-12/h3-9H,1-2H3,(H2,18,19,20). The molecule has 0 aliphatic carbocycles. The molecule has 23 heavy (non-hydrogen) atoms. The average Bonchev–Trinajstić information content (AvgIpc) is 2.87. The summed E-state index contributed by atoms with van der Waals surface area (Å²) in [6.45, 7) is 3.60. The number of H-pyrrole nitrogens is 1. The number of aryl methyl sites for hydroxylation is 1. The van der Waals surface area contributed by atoms with Crippen molar-refractivity contribution in [3.8, 4) is 11.4 Å². The molecule has 0 unspecified atom stereocenters. The molecule has 8 heteroatoms. The second-order valence-corrected chi connectivity index (χ2v) is 6.72. The SMILES string of the molecule is Cc1[nH]nc(NS(=O)(=O)c2cnc(-c3ccccc3)nc2)c1C. The van der Waals surface area contributed by atoms with E-state index in [9.17, 15) is 8.42 Å². The second-order valence-electron chi connectivity index (χ2n) is 5.04. The molecule has 2 aromatic heterocycles. The second kappa shape index (κ2) is 5.81. The van der Waals surface area contributed by atoms with E-state index in [1.807, 2.05) is 37.3 Å². The van der Waals surface area contributed by atoms with Gasteiger partial charge in [0.1, 0.15) is 4.90 Å². The molecule has 1 aromatic carbocycles. The minimum absolute atomic E-state index is 0.0164. The van der Waals surface area contributed by atoms with Crippen molar-refractivity contribution in [3.05, 3.63) is 54.0 Å². The highest BCUT2D eigenvalue weighted by Crippen LogP contribution is 2.19. The number of nitrogens with zero attached hydrogens (tertiary/aromatic N) is 3. The van der Waals surface area contributed by atoms with Crippen LogP contribution in [-0.2, 0) is 10.0 Å². The number of sulfonamides is 1. The van der Waals surface area contributed by atoms with Gasteiger partial charge in [0.15, 0.2) is 11.6 Å². The van der Waals surface area contributed by atoms with E-state index in [-0.39, 0.29) is 10.7 Å². The van der Waals surface area contributed by atoms with Gasteiger partial charge >= 0.3 is 0 Å². The van der Waals surface area contributed by atoms with Crippen LogP contribution in [0.4, 0.5) is 5.82 Å². The number of anilines is 1. The fraction of sp³-hybridized carbons (Fsp3) is 0.133. The largest absolute Gasteiger partial charge is 0.280 e. The molecule has 0 spiro atoms. The molecule has 3 aromatic rings. The van der Waals surface area contributed by atoms with Crippen LogP contribution in [-0.4, -0.2) is 28.6 Å². The summed E-state index contributed by atoms with van der Waals surface area (Å²) < 4.78 is 27.2. The summed E-state index contributed by atoms with van der Waals surface area (Å²) in [6, 6.07) is 9.34. The van der Waals surface area contributed by atoms with Gasteiger partial charge in [-0.05, 0) is 13.8 Å². The van der Waals surface area contributed by atoms with E-state index >= 15 is 0 Å². The van der Waals surface area contributed by atoms with Gasteiger partial charge in [-0.15, -0.1) is 0 Å². The molecule has 0 aliphatic heterocycles. The molecule has 2 N–H and O–H groups in total. The van der Waals surface area contributed by atoms with Crippen LogP contribution in [0.3, 0.4) is 0 Å². The number of aromatic amines is 1. The van der Waals surface area contributed by atoms with E-state index in [0.29, 0.717) is 5.82 Å². The monoisotopic (exact) mass is 329 g/mol. The van der Waals surface area contributed by atoms with E-state index in [1.165, 1.54) is 12.4 Å². The minimum atomic E-state index is -3.78. The highest BCUT2D eigenvalue weighted by Gasteiger charge is 2.18. The summed E-state index contributed by atoms with van der Waals surface area (Å²) in [5, 5.41) is 6.67. The highest BCUT2D eigenvalue weighted by atomic mass is 32.2. The van der Waals surface area contributed by atoms with Crippen LogP contribution in [0.15, 0.2) is 47.6 Å². The number of nitrogens with one attached hydrogen (secondary N) is 2. The zero-order chi connectivity index (χ0) is 16.4. The third-order valence-electron chi connectivity index (χ3n) is 3.45. The Kier molecular flexibility index (Phi) is 3.83. The minimum Gasteiger partial charge on any atom is -0.280 e. The Labute approximate surface area is 133 Å². The van der Waals surface area contributed by atoms with E-state index in [1.54, 1.807) is 6.92 Å². The molecule has 0 saturated heterocycles. The lowest BCUT2D eigenvalue weighted by Crippen LogP contribution is -2.14. The van der Waals surface area contributed by atoms with Crippen molar-refractivity contribution in [1.29, 1.82) is 0 Å². The molecule has 0 atom stereocenters. The van der Waals surface area contributed by atoms with Crippen LogP contribution in [0.1, 0.15) is 11.3 Å². The van der Waals surface area contributed by atoms with Crippen molar-refractivity contribution < 1.29 is 8.42 Å². The van der Waals surface area contributed by atoms with Crippen LogP contribution in [0.5, 0.6) is 0 Å². The topological polar surface area (TPSA) is 101 Å². The molecule has 0 amide bonds. The number of benzene rings is 1. The van der Waals surface area contributed by atoms with Crippen LogP contribution >= 0.6 is 0 Å². The molecule has 3 rings (SSSR count). The first-order valence-corrected chi connectivity index (χ1v) is 8.37. The van der Waals surface area contributed by atoms with Crippen LogP contribution < -0.4 is 4.72 Å². The first kappa shape index (κ1) is 15.2. The molecule has 2 heterocycles. The fourth-order valence-corrected chi connectivity index (χ4v) is 2.92. The lowest BCUT2D eigenvalue weighted by molar-refractivity contribution is 0.600. The van der Waals surface area contributed by atoms with Gasteiger partial charge in [-0.2, -0.15) is 5.10 Å². The number of hydrogen-bond donors (Lipinski definition) is 2. The molecule has 0 saturated carbocycles. The lowest BCUT2D eigenvalue weighted by atomic mass is 10.2. The highest BCUT2D eigenvalue weighted by molar-refractivity contribution is 7.92. The predicted octanol–water partition coefficient (Wildman–Crippen LogP) is 2.28. The fourth-order valence-electron chi connectivity index (χ4n) is 1.96. The van der Waals surface area contributed by atoms with Gasteiger partial charge in [-0.25, -0.2) is 18.4 Å². The average molecular weight is 329 g/mol. The molecule has 0 radical (unpaired) electrons. The first-order chi connectivity index (χ1) is 11.0. The summed E-state index contributed by atoms with van der Waals surface area (Å²) in [7, 11) is -3.78. The molecule has 0 bridgehead atoms. The van der Waals surface area contributed by atoms with Gasteiger partial charge in [0.2, 0.25) is 0 Å². The number of aromatic nitrogens is 4. The van der Waals surface area contributed by atoms with E-state index in [2.05, 4.69) is 24.9 Å². The maximum absolute atomic E-state index is 12.4. The smallest absolute Gasteiger partial charge is 0.266 e. The maximum Gasteiger partial charge on any atom is 0.266 e. The van der Waals surface area contributed by atoms with Gasteiger partial charge < -0.3 is 0 Å².